The summed E-state index contributed by atoms with van der Waals surface area (Å²) in [6, 6.07) is 0. The molecular weight excluding hydrogens is 131 g/mol. The Morgan fingerprint density at radius 1 is 2.00 bits per heavy atom. The van der Waals surface area contributed by atoms with Crippen molar-refractivity contribution in [3.8, 4) is 0 Å². The lowest BCUT2D eigenvalue weighted by Gasteiger charge is -2.01. The van der Waals surface area contributed by atoms with Crippen LogP contribution in [0.25, 0.3) is 0 Å². The summed E-state index contributed by atoms with van der Waals surface area (Å²) in [5.41, 5.74) is 0.301. The first kappa shape index (κ1) is 7.19. The minimum absolute atomic E-state index is 0.301. The van der Waals surface area contributed by atoms with Gasteiger partial charge in [-0.15, -0.1) is 0 Å². The molecule has 0 aromatic rings. The second kappa shape index (κ2) is 2.77. The number of carbonyl (C=O) groups is 1. The Hall–Kier alpha value is -0.925. The zero-order valence-corrected chi connectivity index (χ0v) is 5.66. The highest BCUT2D eigenvalue weighted by Gasteiger charge is 2.21. The third-order valence-corrected chi connectivity index (χ3v) is 1.30. The molecule has 0 fully saturated rings. The third kappa shape index (κ3) is 1.32. The predicted molar refractivity (Wildman–Crippen MR) is 35.3 cm³/mol. The minimum Gasteiger partial charge on any atom is -0.509 e. The third-order valence-electron chi connectivity index (χ3n) is 1.30. The average Bonchev–Trinajstić information content (AvgIpc) is 2.34. The van der Waals surface area contributed by atoms with Crippen LogP contribution >= 0.6 is 0 Å². The maximum atomic E-state index is 10.8. The maximum absolute atomic E-state index is 10.8. The van der Waals surface area contributed by atoms with E-state index in [-0.39, 0.29) is 11.9 Å². The molecule has 0 N–H and O–H groups in total. The first-order chi connectivity index (χ1) is 4.74. The van der Waals surface area contributed by atoms with Crippen molar-refractivity contribution >= 4 is 13.8 Å². The Bertz CT molecular complexity index is 176. The summed E-state index contributed by atoms with van der Waals surface area (Å²) in [5, 5.41) is 0. The molecule has 0 spiro atoms. The molecule has 0 bridgehead atoms. The van der Waals surface area contributed by atoms with Crippen LogP contribution in [0.3, 0.4) is 0 Å². The fourth-order valence-corrected chi connectivity index (χ4v) is 0.768. The van der Waals surface area contributed by atoms with Gasteiger partial charge < -0.3 is 9.47 Å². The quantitative estimate of drug-likeness (QED) is 0.372. The Labute approximate surface area is 60.4 Å². The molecule has 4 heteroatoms. The molecule has 0 amide bonds. The van der Waals surface area contributed by atoms with Crippen LogP contribution in [0, 0.1) is 5.92 Å². The SMILES string of the molecule is [B]C1=CC(C(=O)OC)CO1. The van der Waals surface area contributed by atoms with Crippen molar-refractivity contribution in [3.05, 3.63) is 11.7 Å². The summed E-state index contributed by atoms with van der Waals surface area (Å²) in [6.45, 7) is 0.304. The minimum atomic E-state index is -0.315. The molecule has 52 valence electrons. The zero-order chi connectivity index (χ0) is 7.56. The molecule has 1 heterocycles. The highest BCUT2D eigenvalue weighted by atomic mass is 16.5. The van der Waals surface area contributed by atoms with E-state index in [2.05, 4.69) is 4.74 Å². The van der Waals surface area contributed by atoms with Crippen molar-refractivity contribution in [2.75, 3.05) is 13.7 Å². The van der Waals surface area contributed by atoms with Crippen molar-refractivity contribution in [1.82, 2.24) is 0 Å². The molecule has 2 radical (unpaired) electrons. The van der Waals surface area contributed by atoms with Gasteiger partial charge in [-0.2, -0.15) is 0 Å². The molecule has 1 aliphatic rings. The first-order valence-corrected chi connectivity index (χ1v) is 2.92. The van der Waals surface area contributed by atoms with Crippen molar-refractivity contribution in [2.24, 2.45) is 5.92 Å². The molecule has 0 aromatic heterocycles. The van der Waals surface area contributed by atoms with Gasteiger partial charge in [0.05, 0.1) is 7.11 Å². The first-order valence-electron chi connectivity index (χ1n) is 2.92. The molecule has 1 atom stereocenters. The number of ether oxygens (including phenoxy) is 2. The number of hydrogen-bond acceptors (Lipinski definition) is 3. The largest absolute Gasteiger partial charge is 0.509 e. The van der Waals surface area contributed by atoms with Gasteiger partial charge in [0, 0.05) is 5.66 Å². The number of esters is 1. The van der Waals surface area contributed by atoms with Gasteiger partial charge in [-0.1, -0.05) is 0 Å². The van der Waals surface area contributed by atoms with Crippen LogP contribution in [0.1, 0.15) is 0 Å². The fourth-order valence-electron chi connectivity index (χ4n) is 0.768. The molecule has 0 aromatic carbocycles. The van der Waals surface area contributed by atoms with E-state index in [9.17, 15) is 4.79 Å². The summed E-state index contributed by atoms with van der Waals surface area (Å²) >= 11 is 0. The van der Waals surface area contributed by atoms with Gasteiger partial charge in [-0.3, -0.25) is 4.79 Å². The second-order valence-corrected chi connectivity index (χ2v) is 2.01. The maximum Gasteiger partial charge on any atom is 0.316 e. The molecule has 0 saturated heterocycles. The normalized spacial score (nSPS) is 23.3. The fraction of sp³-hybridized carbons (Fsp3) is 0.500. The Morgan fingerprint density at radius 3 is 3.10 bits per heavy atom. The van der Waals surface area contributed by atoms with E-state index in [1.54, 1.807) is 6.08 Å². The lowest BCUT2D eigenvalue weighted by atomic mass is 10.0. The summed E-state index contributed by atoms with van der Waals surface area (Å²) < 4.78 is 9.29. The summed E-state index contributed by atoms with van der Waals surface area (Å²) in [5.74, 6) is -0.620. The van der Waals surface area contributed by atoms with Crippen molar-refractivity contribution in [3.63, 3.8) is 0 Å². The average molecular weight is 138 g/mol. The number of hydrogen-bond donors (Lipinski definition) is 0. The van der Waals surface area contributed by atoms with Crippen LogP contribution in [-0.2, 0) is 14.3 Å². The van der Waals surface area contributed by atoms with E-state index in [0.29, 0.717) is 12.3 Å². The van der Waals surface area contributed by atoms with E-state index in [1.807, 2.05) is 0 Å². The molecule has 10 heavy (non-hydrogen) atoms. The zero-order valence-electron chi connectivity index (χ0n) is 5.66. The van der Waals surface area contributed by atoms with Gasteiger partial charge in [0.15, 0.2) is 7.85 Å². The van der Waals surface area contributed by atoms with Crippen LogP contribution in [0.2, 0.25) is 0 Å². The van der Waals surface area contributed by atoms with Gasteiger partial charge in [-0.25, -0.2) is 0 Å². The van der Waals surface area contributed by atoms with Gasteiger partial charge in [-0.05, 0) is 6.08 Å². The van der Waals surface area contributed by atoms with E-state index in [1.165, 1.54) is 7.11 Å². The van der Waals surface area contributed by atoms with E-state index < -0.39 is 0 Å². The Morgan fingerprint density at radius 2 is 2.70 bits per heavy atom. The molecular formula is C6H7BO3. The Kier molecular flexibility index (Phi) is 1.99. The standard InChI is InChI=1S/C6H7BO3/c1-9-6(8)4-2-5(7)10-3-4/h2,4H,3H2,1H3. The topological polar surface area (TPSA) is 35.5 Å². The summed E-state index contributed by atoms with van der Waals surface area (Å²) in [4.78, 5) is 10.8. The van der Waals surface area contributed by atoms with E-state index in [0.717, 1.165) is 0 Å². The van der Waals surface area contributed by atoms with Crippen LogP contribution < -0.4 is 0 Å². The Balaban J connectivity index is 2.52. The smallest absolute Gasteiger partial charge is 0.316 e. The van der Waals surface area contributed by atoms with Gasteiger partial charge in [0.1, 0.15) is 12.5 Å². The van der Waals surface area contributed by atoms with Gasteiger partial charge in [0.25, 0.3) is 0 Å². The lowest BCUT2D eigenvalue weighted by Crippen LogP contribution is -2.14. The van der Waals surface area contributed by atoms with Crippen molar-refractivity contribution < 1.29 is 14.3 Å². The molecule has 0 aliphatic carbocycles. The van der Waals surface area contributed by atoms with Crippen LogP contribution in [0.15, 0.2) is 11.7 Å². The van der Waals surface area contributed by atoms with Crippen molar-refractivity contribution in [1.29, 1.82) is 0 Å². The molecule has 3 nitrogen and oxygen atoms in total. The van der Waals surface area contributed by atoms with E-state index in [4.69, 9.17) is 12.6 Å². The second-order valence-electron chi connectivity index (χ2n) is 2.01. The predicted octanol–water partition coefficient (Wildman–Crippen LogP) is -0.184. The molecule has 0 saturated carbocycles. The molecule has 1 unspecified atom stereocenters. The lowest BCUT2D eigenvalue weighted by molar-refractivity contribution is -0.144. The van der Waals surface area contributed by atoms with Crippen molar-refractivity contribution in [2.45, 2.75) is 0 Å². The monoisotopic (exact) mass is 138 g/mol. The van der Waals surface area contributed by atoms with Crippen LogP contribution in [0.4, 0.5) is 0 Å². The van der Waals surface area contributed by atoms with Gasteiger partial charge in [0.2, 0.25) is 0 Å². The molecule has 1 rings (SSSR count). The summed E-state index contributed by atoms with van der Waals surface area (Å²) in [7, 11) is 6.59. The van der Waals surface area contributed by atoms with Gasteiger partial charge >= 0.3 is 5.97 Å². The highest BCUT2D eigenvalue weighted by molar-refractivity contribution is 6.20. The molecule has 1 aliphatic heterocycles. The van der Waals surface area contributed by atoms with E-state index >= 15 is 0 Å². The van der Waals surface area contributed by atoms with Crippen LogP contribution in [0.5, 0.6) is 0 Å². The highest BCUT2D eigenvalue weighted by Crippen LogP contribution is 2.13. The number of methoxy groups -OCH3 is 1. The van der Waals surface area contributed by atoms with Crippen LogP contribution in [-0.4, -0.2) is 27.5 Å². The number of carbonyl (C=O) groups excluding carboxylic acids is 1. The number of rotatable bonds is 1. The summed E-state index contributed by atoms with van der Waals surface area (Å²) in [6.07, 6.45) is 1.55.